The highest BCUT2D eigenvalue weighted by Gasteiger charge is 2.39. The van der Waals surface area contributed by atoms with Gasteiger partial charge in [0.15, 0.2) is 0 Å². The van der Waals surface area contributed by atoms with Crippen molar-refractivity contribution in [3.05, 3.63) is 18.0 Å². The molecule has 2 N–H and O–H groups in total. The van der Waals surface area contributed by atoms with E-state index in [0.29, 0.717) is 45.3 Å². The van der Waals surface area contributed by atoms with Crippen LogP contribution < -0.4 is 15.5 Å². The highest BCUT2D eigenvalue weighted by atomic mass is 16.5. The van der Waals surface area contributed by atoms with Crippen molar-refractivity contribution in [3.8, 4) is 11.3 Å². The number of aromatic nitrogens is 4. The molecule has 0 spiro atoms. The van der Waals surface area contributed by atoms with Gasteiger partial charge in [-0.25, -0.2) is 15.0 Å². The van der Waals surface area contributed by atoms with Gasteiger partial charge < -0.3 is 29.9 Å². The molecule has 11 nitrogen and oxygen atoms in total. The zero-order valence-electron chi connectivity index (χ0n) is 19.1. The first kappa shape index (κ1) is 21.8. The number of hydrogen-bond donors (Lipinski definition) is 1. The van der Waals surface area contributed by atoms with Crippen molar-refractivity contribution in [1.82, 2.24) is 24.8 Å². The van der Waals surface area contributed by atoms with E-state index in [4.69, 9.17) is 25.2 Å². The molecule has 5 rings (SSSR count). The number of likely N-dealkylation sites (tertiary alicyclic amines) is 1. The average molecular weight is 455 g/mol. The molecule has 1 amide bonds. The number of fused-ring (bicyclic) bond motifs is 1. The monoisotopic (exact) mass is 454 g/mol. The third-order valence-electron chi connectivity index (χ3n) is 6.59. The van der Waals surface area contributed by atoms with Crippen LogP contribution in [0.25, 0.3) is 11.3 Å². The van der Waals surface area contributed by atoms with E-state index in [0.717, 1.165) is 42.1 Å². The van der Waals surface area contributed by atoms with Crippen LogP contribution in [0.4, 0.5) is 17.7 Å². The van der Waals surface area contributed by atoms with Crippen LogP contribution in [-0.2, 0) is 20.7 Å². The van der Waals surface area contributed by atoms with Gasteiger partial charge in [-0.3, -0.25) is 4.79 Å². The van der Waals surface area contributed by atoms with Crippen LogP contribution >= 0.6 is 0 Å². The Kier molecular flexibility index (Phi) is 5.98. The minimum Gasteiger partial charge on any atom is -0.384 e. The Labute approximate surface area is 192 Å². The lowest BCUT2D eigenvalue weighted by molar-refractivity contribution is -0.136. The molecule has 0 saturated carbocycles. The number of anilines is 3. The van der Waals surface area contributed by atoms with Gasteiger partial charge in [0.1, 0.15) is 5.82 Å². The first-order valence-electron chi connectivity index (χ1n) is 11.4. The van der Waals surface area contributed by atoms with E-state index in [1.807, 2.05) is 4.90 Å². The average Bonchev–Trinajstić information content (AvgIpc) is 3.20. The summed E-state index contributed by atoms with van der Waals surface area (Å²) < 4.78 is 10.7. The Morgan fingerprint density at radius 3 is 2.73 bits per heavy atom. The maximum Gasteiger partial charge on any atom is 0.228 e. The summed E-state index contributed by atoms with van der Waals surface area (Å²) in [7, 11) is 1.61. The molecule has 33 heavy (non-hydrogen) atoms. The Hall–Kier alpha value is -3.05. The topological polar surface area (TPSA) is 123 Å². The number of carbonyl (C=O) groups is 1. The van der Waals surface area contributed by atoms with Crippen LogP contribution in [-0.4, -0.2) is 95.9 Å². The molecule has 2 saturated heterocycles. The molecular formula is C22H30N8O3. The maximum absolute atomic E-state index is 12.3. The Bertz CT molecular complexity index is 1010. The molecular weight excluding hydrogens is 424 g/mol. The van der Waals surface area contributed by atoms with E-state index in [2.05, 4.69) is 26.7 Å². The van der Waals surface area contributed by atoms with Crippen LogP contribution in [0.15, 0.2) is 12.4 Å². The summed E-state index contributed by atoms with van der Waals surface area (Å²) >= 11 is 0. The van der Waals surface area contributed by atoms with Crippen molar-refractivity contribution >= 4 is 23.6 Å². The second kappa shape index (κ2) is 9.06. The molecule has 0 radical (unpaired) electrons. The molecule has 2 aromatic heterocycles. The van der Waals surface area contributed by atoms with Gasteiger partial charge in [-0.2, -0.15) is 4.98 Å². The quantitative estimate of drug-likeness (QED) is 0.654. The number of carbonyl (C=O) groups excluding carboxylic acids is 1. The fourth-order valence-corrected chi connectivity index (χ4v) is 4.68. The minimum atomic E-state index is 0.137. The van der Waals surface area contributed by atoms with E-state index in [1.54, 1.807) is 19.5 Å². The number of ether oxygens (including phenoxy) is 2. The zero-order chi connectivity index (χ0) is 22.9. The molecule has 3 aliphatic heterocycles. The van der Waals surface area contributed by atoms with Gasteiger partial charge in [0.2, 0.25) is 17.8 Å². The second-order valence-corrected chi connectivity index (χ2v) is 8.76. The first-order chi connectivity index (χ1) is 16.0. The standard InChI is InChI=1S/C22H30N8O3/c1-14-13-33-8-6-29(14)22-26-19(15-9-24-21(23)25-10-15)17-3-5-30(20(17)27-22)16-11-28(12-16)18(31)4-7-32-2/h9-10,14,16H,3-8,11-13H2,1-2H3,(H2,23,24,25)/t14-/m0/s1. The van der Waals surface area contributed by atoms with E-state index in [-0.39, 0.29) is 23.9 Å². The van der Waals surface area contributed by atoms with Gasteiger partial charge in [-0.1, -0.05) is 0 Å². The largest absolute Gasteiger partial charge is 0.384 e. The van der Waals surface area contributed by atoms with Crippen molar-refractivity contribution in [2.24, 2.45) is 0 Å². The highest BCUT2D eigenvalue weighted by molar-refractivity contribution is 5.78. The van der Waals surface area contributed by atoms with E-state index in [1.165, 1.54) is 0 Å². The number of nitrogens with zero attached hydrogens (tertiary/aromatic N) is 7. The van der Waals surface area contributed by atoms with Crippen molar-refractivity contribution in [3.63, 3.8) is 0 Å². The molecule has 0 unspecified atom stereocenters. The van der Waals surface area contributed by atoms with Gasteiger partial charge in [-0.05, 0) is 13.3 Å². The van der Waals surface area contributed by atoms with Crippen LogP contribution in [0.5, 0.6) is 0 Å². The summed E-state index contributed by atoms with van der Waals surface area (Å²) in [6.45, 7) is 6.86. The number of morpholine rings is 1. The van der Waals surface area contributed by atoms with E-state index >= 15 is 0 Å². The predicted octanol–water partition coefficient (Wildman–Crippen LogP) is 0.351. The van der Waals surface area contributed by atoms with E-state index < -0.39 is 0 Å². The highest BCUT2D eigenvalue weighted by Crippen LogP contribution is 2.38. The molecule has 1 atom stereocenters. The van der Waals surface area contributed by atoms with Crippen molar-refractivity contribution in [1.29, 1.82) is 0 Å². The lowest BCUT2D eigenvalue weighted by Gasteiger charge is -2.45. The lowest BCUT2D eigenvalue weighted by Crippen LogP contribution is -2.61. The zero-order valence-corrected chi connectivity index (χ0v) is 19.1. The smallest absolute Gasteiger partial charge is 0.228 e. The molecule has 2 aromatic rings. The summed E-state index contributed by atoms with van der Waals surface area (Å²) in [4.78, 5) is 37.1. The van der Waals surface area contributed by atoms with Gasteiger partial charge in [0, 0.05) is 56.8 Å². The van der Waals surface area contributed by atoms with Crippen LogP contribution in [0.1, 0.15) is 18.9 Å². The van der Waals surface area contributed by atoms with Gasteiger partial charge in [0.25, 0.3) is 0 Å². The summed E-state index contributed by atoms with van der Waals surface area (Å²) in [5.74, 6) is 2.01. The van der Waals surface area contributed by atoms with Crippen molar-refractivity contribution in [2.45, 2.75) is 31.8 Å². The molecule has 0 aliphatic carbocycles. The molecule has 5 heterocycles. The van der Waals surface area contributed by atoms with E-state index in [9.17, 15) is 4.79 Å². The number of amides is 1. The number of hydrogen-bond acceptors (Lipinski definition) is 10. The van der Waals surface area contributed by atoms with Gasteiger partial charge in [-0.15, -0.1) is 0 Å². The third-order valence-corrected chi connectivity index (χ3v) is 6.59. The van der Waals surface area contributed by atoms with Gasteiger partial charge in [0.05, 0.1) is 44.0 Å². The van der Waals surface area contributed by atoms with Crippen LogP contribution in [0.2, 0.25) is 0 Å². The summed E-state index contributed by atoms with van der Waals surface area (Å²) in [6.07, 6.45) is 4.70. The number of nitrogen functional groups attached to an aromatic ring is 1. The van der Waals surface area contributed by atoms with Gasteiger partial charge >= 0.3 is 0 Å². The molecule has 3 aliphatic rings. The Morgan fingerprint density at radius 1 is 1.21 bits per heavy atom. The molecule has 0 bridgehead atoms. The maximum atomic E-state index is 12.3. The number of methoxy groups -OCH3 is 1. The van der Waals surface area contributed by atoms with Crippen LogP contribution in [0, 0.1) is 0 Å². The molecule has 11 heteroatoms. The second-order valence-electron chi connectivity index (χ2n) is 8.76. The summed E-state index contributed by atoms with van der Waals surface area (Å²) in [5.41, 5.74) is 8.49. The number of nitrogens with two attached hydrogens (primary N) is 1. The minimum absolute atomic E-state index is 0.137. The Morgan fingerprint density at radius 2 is 2.00 bits per heavy atom. The number of rotatable bonds is 6. The molecule has 2 fully saturated rings. The molecule has 0 aromatic carbocycles. The third kappa shape index (κ3) is 4.18. The summed E-state index contributed by atoms with van der Waals surface area (Å²) in [5, 5.41) is 0. The van der Waals surface area contributed by atoms with Crippen molar-refractivity contribution < 1.29 is 14.3 Å². The SMILES string of the molecule is COCCC(=O)N1CC(N2CCc3c(-c4cnc(N)nc4)nc(N4CCOC[C@@H]4C)nc32)C1. The van der Waals surface area contributed by atoms with Crippen molar-refractivity contribution in [2.75, 3.05) is 68.6 Å². The van der Waals surface area contributed by atoms with Crippen LogP contribution in [0.3, 0.4) is 0 Å². The first-order valence-corrected chi connectivity index (χ1v) is 11.4. The summed E-state index contributed by atoms with van der Waals surface area (Å²) in [6, 6.07) is 0.429. The lowest BCUT2D eigenvalue weighted by atomic mass is 10.1. The Balaban J connectivity index is 1.45. The molecule has 176 valence electrons. The predicted molar refractivity (Wildman–Crippen MR) is 123 cm³/mol. The normalized spacial score (nSPS) is 20.7. The fraction of sp³-hybridized carbons (Fsp3) is 0.591. The fourth-order valence-electron chi connectivity index (χ4n) is 4.68.